The van der Waals surface area contributed by atoms with Crippen LogP contribution in [0.2, 0.25) is 0 Å². The first-order valence-electron chi connectivity index (χ1n) is 8.16. The van der Waals surface area contributed by atoms with Crippen LogP contribution in [-0.2, 0) is 16.1 Å². The van der Waals surface area contributed by atoms with Crippen molar-refractivity contribution in [2.24, 2.45) is 0 Å². The van der Waals surface area contributed by atoms with Crippen molar-refractivity contribution in [1.29, 1.82) is 0 Å². The number of hydrogen-bond acceptors (Lipinski definition) is 5. The van der Waals surface area contributed by atoms with E-state index in [-0.39, 0.29) is 18.1 Å². The average Bonchev–Trinajstić information content (AvgIpc) is 2.85. The second kappa shape index (κ2) is 7.11. The Morgan fingerprint density at radius 3 is 3.00 bits per heavy atom. The van der Waals surface area contributed by atoms with E-state index in [1.54, 1.807) is 0 Å². The summed E-state index contributed by atoms with van der Waals surface area (Å²) in [6.45, 7) is 7.66. The smallest absolute Gasteiger partial charge is 0.244 e. The molecule has 0 spiro atoms. The van der Waals surface area contributed by atoms with Crippen LogP contribution in [0, 0.1) is 13.8 Å². The summed E-state index contributed by atoms with van der Waals surface area (Å²) in [4.78, 5) is 16.7. The van der Waals surface area contributed by atoms with Gasteiger partial charge in [-0.15, -0.1) is 0 Å². The number of aromatic nitrogens is 3. The van der Waals surface area contributed by atoms with Crippen molar-refractivity contribution in [3.8, 4) is 0 Å². The predicted molar refractivity (Wildman–Crippen MR) is 90.9 cm³/mol. The largest absolute Gasteiger partial charge is 0.375 e. The highest BCUT2D eigenvalue weighted by Crippen LogP contribution is 2.14. The Hall–Kier alpha value is -2.25. The maximum Gasteiger partial charge on any atom is 0.244 e. The van der Waals surface area contributed by atoms with E-state index in [0.29, 0.717) is 19.7 Å². The standard InChI is InChI=1S/C17H23N5O2/c1-11-16(18-7-8-24-11)17(23)20-15-6-4-5-14(9-15)10-22-13(3)19-12(2)21-22/h4-6,9,11,16,18H,7-8,10H2,1-3H3,(H,20,23)/t11-,16+/m1/s1. The number of carbonyl (C=O) groups excluding carboxylic acids is 1. The number of hydrogen-bond donors (Lipinski definition) is 2. The molecule has 3 rings (SSSR count). The third-order valence-corrected chi connectivity index (χ3v) is 4.09. The van der Waals surface area contributed by atoms with Crippen LogP contribution in [0.15, 0.2) is 24.3 Å². The van der Waals surface area contributed by atoms with E-state index in [0.717, 1.165) is 22.9 Å². The number of carbonyl (C=O) groups is 1. The third kappa shape index (κ3) is 3.80. The van der Waals surface area contributed by atoms with Gasteiger partial charge < -0.3 is 15.4 Å². The highest BCUT2D eigenvalue weighted by atomic mass is 16.5. The zero-order valence-electron chi connectivity index (χ0n) is 14.2. The maximum atomic E-state index is 12.4. The minimum atomic E-state index is -0.331. The first-order chi connectivity index (χ1) is 11.5. The molecule has 2 N–H and O–H groups in total. The Bertz CT molecular complexity index is 728. The van der Waals surface area contributed by atoms with Crippen molar-refractivity contribution in [3.63, 3.8) is 0 Å². The molecule has 2 atom stereocenters. The van der Waals surface area contributed by atoms with Crippen molar-refractivity contribution in [2.75, 3.05) is 18.5 Å². The number of morpholine rings is 1. The van der Waals surface area contributed by atoms with E-state index in [9.17, 15) is 4.79 Å². The normalized spacial score (nSPS) is 20.8. The van der Waals surface area contributed by atoms with Crippen LogP contribution in [-0.4, -0.2) is 46.0 Å². The SMILES string of the molecule is Cc1nc(C)n(Cc2cccc(NC(=O)[C@H]3NCCO[C@@H]3C)c2)n1. The number of rotatable bonds is 4. The Morgan fingerprint density at radius 1 is 1.46 bits per heavy atom. The highest BCUT2D eigenvalue weighted by molar-refractivity contribution is 5.95. The molecule has 0 unspecified atom stereocenters. The minimum Gasteiger partial charge on any atom is -0.375 e. The number of nitrogens with one attached hydrogen (secondary N) is 2. The quantitative estimate of drug-likeness (QED) is 0.882. The van der Waals surface area contributed by atoms with Gasteiger partial charge in [0.05, 0.1) is 19.3 Å². The molecule has 0 saturated carbocycles. The molecule has 7 heteroatoms. The average molecular weight is 329 g/mol. The van der Waals surface area contributed by atoms with Gasteiger partial charge in [-0.3, -0.25) is 4.79 Å². The Morgan fingerprint density at radius 2 is 2.29 bits per heavy atom. The molecule has 2 heterocycles. The zero-order valence-corrected chi connectivity index (χ0v) is 14.2. The molecule has 24 heavy (non-hydrogen) atoms. The maximum absolute atomic E-state index is 12.4. The summed E-state index contributed by atoms with van der Waals surface area (Å²) in [5, 5.41) is 10.5. The number of aryl methyl sites for hydroxylation is 2. The van der Waals surface area contributed by atoms with Crippen LogP contribution in [0.1, 0.15) is 24.1 Å². The molecule has 7 nitrogen and oxygen atoms in total. The molecule has 128 valence electrons. The van der Waals surface area contributed by atoms with Crippen LogP contribution < -0.4 is 10.6 Å². The van der Waals surface area contributed by atoms with Gasteiger partial charge in [-0.05, 0) is 38.5 Å². The first-order valence-corrected chi connectivity index (χ1v) is 8.16. The summed E-state index contributed by atoms with van der Waals surface area (Å²) in [5.74, 6) is 1.56. The lowest BCUT2D eigenvalue weighted by Crippen LogP contribution is -2.53. The summed E-state index contributed by atoms with van der Waals surface area (Å²) in [5.41, 5.74) is 1.83. The molecular formula is C17H23N5O2. The first kappa shape index (κ1) is 16.6. The monoisotopic (exact) mass is 329 g/mol. The Labute approximate surface area is 141 Å². The van der Waals surface area contributed by atoms with E-state index in [2.05, 4.69) is 20.7 Å². The van der Waals surface area contributed by atoms with Gasteiger partial charge in [-0.25, -0.2) is 9.67 Å². The third-order valence-electron chi connectivity index (χ3n) is 4.09. The second-order valence-corrected chi connectivity index (χ2v) is 6.06. The lowest BCUT2D eigenvalue weighted by molar-refractivity contribution is -0.123. The Balaban J connectivity index is 1.68. The van der Waals surface area contributed by atoms with Gasteiger partial charge in [0.2, 0.25) is 5.91 Å². The lowest BCUT2D eigenvalue weighted by atomic mass is 10.1. The fourth-order valence-corrected chi connectivity index (χ4v) is 2.88. The van der Waals surface area contributed by atoms with Crippen LogP contribution in [0.4, 0.5) is 5.69 Å². The van der Waals surface area contributed by atoms with E-state index in [1.165, 1.54) is 0 Å². The van der Waals surface area contributed by atoms with Gasteiger partial charge in [0.15, 0.2) is 0 Å². The predicted octanol–water partition coefficient (Wildman–Crippen LogP) is 1.26. The molecule has 1 aromatic heterocycles. The van der Waals surface area contributed by atoms with Gasteiger partial charge in [-0.2, -0.15) is 5.10 Å². The zero-order chi connectivity index (χ0) is 17.1. The molecule has 1 aliphatic heterocycles. The number of ether oxygens (including phenoxy) is 1. The van der Waals surface area contributed by atoms with Gasteiger partial charge in [0.25, 0.3) is 0 Å². The number of amides is 1. The molecule has 1 fully saturated rings. The topological polar surface area (TPSA) is 81.1 Å². The summed E-state index contributed by atoms with van der Waals surface area (Å²) in [6, 6.07) is 7.45. The van der Waals surface area contributed by atoms with Crippen molar-refractivity contribution >= 4 is 11.6 Å². The van der Waals surface area contributed by atoms with Crippen molar-refractivity contribution < 1.29 is 9.53 Å². The molecule has 0 aliphatic carbocycles. The van der Waals surface area contributed by atoms with Gasteiger partial charge in [0, 0.05) is 12.2 Å². The van der Waals surface area contributed by atoms with Crippen LogP contribution >= 0.6 is 0 Å². The number of anilines is 1. The van der Waals surface area contributed by atoms with Crippen LogP contribution in [0.3, 0.4) is 0 Å². The minimum absolute atomic E-state index is 0.0767. The molecular weight excluding hydrogens is 306 g/mol. The van der Waals surface area contributed by atoms with Crippen LogP contribution in [0.25, 0.3) is 0 Å². The van der Waals surface area contributed by atoms with Gasteiger partial charge in [-0.1, -0.05) is 12.1 Å². The molecule has 0 bridgehead atoms. The number of benzene rings is 1. The molecule has 1 saturated heterocycles. The molecule has 1 amide bonds. The lowest BCUT2D eigenvalue weighted by Gasteiger charge is -2.29. The second-order valence-electron chi connectivity index (χ2n) is 6.06. The molecule has 0 radical (unpaired) electrons. The van der Waals surface area contributed by atoms with Crippen molar-refractivity contribution in [1.82, 2.24) is 20.1 Å². The highest BCUT2D eigenvalue weighted by Gasteiger charge is 2.28. The van der Waals surface area contributed by atoms with E-state index in [1.807, 2.05) is 49.7 Å². The van der Waals surface area contributed by atoms with E-state index in [4.69, 9.17) is 4.74 Å². The fourth-order valence-electron chi connectivity index (χ4n) is 2.88. The molecule has 1 aliphatic rings. The van der Waals surface area contributed by atoms with Crippen LogP contribution in [0.5, 0.6) is 0 Å². The van der Waals surface area contributed by atoms with Crippen molar-refractivity contribution in [2.45, 2.75) is 39.5 Å². The van der Waals surface area contributed by atoms with Crippen molar-refractivity contribution in [3.05, 3.63) is 41.5 Å². The molecule has 1 aromatic carbocycles. The Kier molecular flexibility index (Phi) is 4.92. The number of nitrogens with zero attached hydrogens (tertiary/aromatic N) is 3. The summed E-state index contributed by atoms with van der Waals surface area (Å²) >= 11 is 0. The van der Waals surface area contributed by atoms with E-state index < -0.39 is 0 Å². The van der Waals surface area contributed by atoms with Gasteiger partial charge >= 0.3 is 0 Å². The van der Waals surface area contributed by atoms with Gasteiger partial charge in [0.1, 0.15) is 17.7 Å². The summed E-state index contributed by atoms with van der Waals surface area (Å²) in [7, 11) is 0. The fraction of sp³-hybridized carbons (Fsp3) is 0.471. The summed E-state index contributed by atoms with van der Waals surface area (Å²) in [6.07, 6.45) is -0.136. The molecule has 2 aromatic rings. The summed E-state index contributed by atoms with van der Waals surface area (Å²) < 4.78 is 7.38. The van der Waals surface area contributed by atoms with E-state index >= 15 is 0 Å².